The highest BCUT2D eigenvalue weighted by Crippen LogP contribution is 2.22. The van der Waals surface area contributed by atoms with Crippen LogP contribution in [-0.2, 0) is 28.1 Å². The van der Waals surface area contributed by atoms with E-state index in [1.807, 2.05) is 29.8 Å². The van der Waals surface area contributed by atoms with Crippen LogP contribution in [0, 0.1) is 0 Å². The molecule has 27 heavy (non-hydrogen) atoms. The number of nitrogens with zero attached hydrogens (tertiary/aromatic N) is 2. The van der Waals surface area contributed by atoms with Crippen molar-refractivity contribution in [1.82, 2.24) is 4.57 Å². The number of rotatable bonds is 5. The predicted octanol–water partition coefficient (Wildman–Crippen LogP) is 2.71. The molecule has 2 aromatic carbocycles. The van der Waals surface area contributed by atoms with Gasteiger partial charge in [-0.05, 0) is 35.9 Å². The van der Waals surface area contributed by atoms with Crippen LogP contribution in [0.25, 0.3) is 10.2 Å². The molecule has 0 aliphatic carbocycles. The number of aromatic nitrogens is 1. The van der Waals surface area contributed by atoms with E-state index >= 15 is 0 Å². The van der Waals surface area contributed by atoms with Crippen molar-refractivity contribution in [2.75, 3.05) is 12.9 Å². The van der Waals surface area contributed by atoms with Crippen LogP contribution in [0.5, 0.6) is 5.75 Å². The topological polar surface area (TPSA) is 77.7 Å². The Hall–Kier alpha value is -2.45. The van der Waals surface area contributed by atoms with Crippen molar-refractivity contribution in [3.8, 4) is 5.75 Å². The van der Waals surface area contributed by atoms with E-state index in [1.54, 1.807) is 26.2 Å². The number of methoxy groups -OCH3 is 1. The van der Waals surface area contributed by atoms with Crippen LogP contribution in [0.4, 0.5) is 0 Å². The van der Waals surface area contributed by atoms with Gasteiger partial charge in [0.15, 0.2) is 14.6 Å². The van der Waals surface area contributed by atoms with Crippen molar-refractivity contribution in [3.05, 3.63) is 52.8 Å². The van der Waals surface area contributed by atoms with E-state index in [1.165, 1.54) is 23.5 Å². The standard InChI is InChI=1S/C19H20N2O4S2/c1-4-27(23,24)15-8-5-13(6-9-15)11-18(22)20-19-21(2)16-10-7-14(25-3)12-17(16)26-19/h5-10,12H,4,11H2,1-3H3. The zero-order chi connectivity index (χ0) is 19.6. The lowest BCUT2D eigenvalue weighted by Gasteiger charge is -2.02. The highest BCUT2D eigenvalue weighted by Gasteiger charge is 2.12. The third-order valence-corrected chi connectivity index (χ3v) is 7.10. The minimum Gasteiger partial charge on any atom is -0.497 e. The van der Waals surface area contributed by atoms with E-state index in [4.69, 9.17) is 4.74 Å². The first kappa shape index (κ1) is 19.3. The van der Waals surface area contributed by atoms with Gasteiger partial charge in [-0.25, -0.2) is 8.42 Å². The number of carbonyl (C=O) groups is 1. The normalized spacial score (nSPS) is 12.5. The van der Waals surface area contributed by atoms with E-state index in [2.05, 4.69) is 4.99 Å². The van der Waals surface area contributed by atoms with Crippen LogP contribution >= 0.6 is 11.3 Å². The summed E-state index contributed by atoms with van der Waals surface area (Å²) in [4.78, 5) is 17.4. The van der Waals surface area contributed by atoms with Gasteiger partial charge in [0.1, 0.15) is 5.75 Å². The first-order valence-corrected chi connectivity index (χ1v) is 10.8. The summed E-state index contributed by atoms with van der Waals surface area (Å²) in [5.74, 6) is 0.521. The number of ether oxygens (including phenoxy) is 1. The molecular formula is C19H20N2O4S2. The van der Waals surface area contributed by atoms with E-state index in [0.29, 0.717) is 4.80 Å². The fraction of sp³-hybridized carbons (Fsp3) is 0.263. The molecule has 1 heterocycles. The van der Waals surface area contributed by atoms with Gasteiger partial charge in [-0.1, -0.05) is 30.4 Å². The van der Waals surface area contributed by atoms with Gasteiger partial charge >= 0.3 is 0 Å². The van der Waals surface area contributed by atoms with Crippen LogP contribution in [0.15, 0.2) is 52.4 Å². The van der Waals surface area contributed by atoms with Gasteiger partial charge in [0.05, 0.1) is 34.4 Å². The molecule has 0 N–H and O–H groups in total. The fourth-order valence-electron chi connectivity index (χ4n) is 2.65. The van der Waals surface area contributed by atoms with E-state index in [9.17, 15) is 13.2 Å². The Labute approximate surface area is 161 Å². The highest BCUT2D eigenvalue weighted by molar-refractivity contribution is 7.91. The average Bonchev–Trinajstić information content (AvgIpc) is 2.96. The Kier molecular flexibility index (Phi) is 5.48. The molecule has 0 spiro atoms. The molecule has 0 fully saturated rings. The van der Waals surface area contributed by atoms with E-state index in [0.717, 1.165) is 21.5 Å². The zero-order valence-corrected chi connectivity index (χ0v) is 16.9. The molecule has 1 aromatic heterocycles. The molecule has 0 radical (unpaired) electrons. The van der Waals surface area contributed by atoms with Gasteiger partial charge in [0, 0.05) is 7.05 Å². The largest absolute Gasteiger partial charge is 0.497 e. The Bertz CT molecular complexity index is 1160. The summed E-state index contributed by atoms with van der Waals surface area (Å²) in [6.45, 7) is 1.60. The number of thiazole rings is 1. The fourth-order valence-corrected chi connectivity index (χ4v) is 4.60. The molecule has 1 amide bonds. The second-order valence-electron chi connectivity index (χ2n) is 6.01. The van der Waals surface area contributed by atoms with Gasteiger partial charge in [0.2, 0.25) is 0 Å². The van der Waals surface area contributed by atoms with Gasteiger partial charge in [-0.3, -0.25) is 4.79 Å². The van der Waals surface area contributed by atoms with Gasteiger partial charge in [-0.2, -0.15) is 4.99 Å². The summed E-state index contributed by atoms with van der Waals surface area (Å²) < 4.78 is 31.8. The summed E-state index contributed by atoms with van der Waals surface area (Å²) in [6.07, 6.45) is 0.115. The number of carbonyl (C=O) groups excluding carboxylic acids is 1. The Morgan fingerprint density at radius 1 is 1.19 bits per heavy atom. The van der Waals surface area contributed by atoms with Crippen molar-refractivity contribution < 1.29 is 17.9 Å². The molecule has 0 atom stereocenters. The van der Waals surface area contributed by atoms with Gasteiger partial charge in [-0.15, -0.1) is 0 Å². The highest BCUT2D eigenvalue weighted by atomic mass is 32.2. The molecule has 0 aliphatic rings. The number of amides is 1. The molecule has 3 rings (SSSR count). The number of hydrogen-bond donors (Lipinski definition) is 0. The second-order valence-corrected chi connectivity index (χ2v) is 9.29. The number of hydrogen-bond acceptors (Lipinski definition) is 5. The number of benzene rings is 2. The smallest absolute Gasteiger partial charge is 0.252 e. The van der Waals surface area contributed by atoms with Crippen molar-refractivity contribution in [3.63, 3.8) is 0 Å². The molecule has 6 nitrogen and oxygen atoms in total. The first-order chi connectivity index (χ1) is 12.8. The maximum absolute atomic E-state index is 12.4. The molecule has 142 valence electrons. The molecule has 8 heteroatoms. The van der Waals surface area contributed by atoms with Crippen LogP contribution in [0.3, 0.4) is 0 Å². The van der Waals surface area contributed by atoms with E-state index in [-0.39, 0.29) is 23.0 Å². The van der Waals surface area contributed by atoms with Crippen LogP contribution < -0.4 is 9.54 Å². The summed E-state index contributed by atoms with van der Waals surface area (Å²) in [7, 11) is 0.236. The number of fused-ring (bicyclic) bond motifs is 1. The Balaban J connectivity index is 1.85. The summed E-state index contributed by atoms with van der Waals surface area (Å²) in [5.41, 5.74) is 1.70. The van der Waals surface area contributed by atoms with Crippen molar-refractivity contribution in [1.29, 1.82) is 0 Å². The average molecular weight is 405 g/mol. The van der Waals surface area contributed by atoms with Crippen LogP contribution in [0.2, 0.25) is 0 Å². The van der Waals surface area contributed by atoms with Crippen molar-refractivity contribution in [2.45, 2.75) is 18.2 Å². The maximum Gasteiger partial charge on any atom is 0.252 e. The minimum atomic E-state index is -3.24. The Morgan fingerprint density at radius 2 is 1.89 bits per heavy atom. The molecule has 0 aliphatic heterocycles. The molecule has 3 aromatic rings. The number of aryl methyl sites for hydroxylation is 1. The quantitative estimate of drug-likeness (QED) is 0.655. The lowest BCUT2D eigenvalue weighted by Crippen LogP contribution is -2.14. The third-order valence-electron chi connectivity index (χ3n) is 4.25. The first-order valence-electron chi connectivity index (χ1n) is 8.37. The van der Waals surface area contributed by atoms with Crippen molar-refractivity contribution >= 4 is 37.3 Å². The molecule has 0 unspecified atom stereocenters. The summed E-state index contributed by atoms with van der Waals surface area (Å²) in [6, 6.07) is 12.1. The second kappa shape index (κ2) is 7.66. The predicted molar refractivity (Wildman–Crippen MR) is 106 cm³/mol. The van der Waals surface area contributed by atoms with Gasteiger partial charge in [0.25, 0.3) is 5.91 Å². The number of sulfone groups is 1. The SMILES string of the molecule is CCS(=O)(=O)c1ccc(CC(=O)N=c2sc3cc(OC)ccc3n2C)cc1. The molecule has 0 saturated carbocycles. The zero-order valence-electron chi connectivity index (χ0n) is 15.3. The van der Waals surface area contributed by atoms with Crippen LogP contribution in [-0.4, -0.2) is 31.8 Å². The summed E-state index contributed by atoms with van der Waals surface area (Å²) >= 11 is 1.42. The molecule has 0 bridgehead atoms. The lowest BCUT2D eigenvalue weighted by atomic mass is 10.1. The van der Waals surface area contributed by atoms with Crippen molar-refractivity contribution in [2.24, 2.45) is 12.0 Å². The molecular weight excluding hydrogens is 384 g/mol. The molecule has 0 saturated heterocycles. The van der Waals surface area contributed by atoms with E-state index < -0.39 is 9.84 Å². The maximum atomic E-state index is 12.4. The summed E-state index contributed by atoms with van der Waals surface area (Å²) in [5, 5.41) is 0. The minimum absolute atomic E-state index is 0.0494. The monoisotopic (exact) mass is 404 g/mol. The van der Waals surface area contributed by atoms with Crippen LogP contribution in [0.1, 0.15) is 12.5 Å². The lowest BCUT2D eigenvalue weighted by molar-refractivity contribution is -0.117. The van der Waals surface area contributed by atoms with Gasteiger partial charge < -0.3 is 9.30 Å². The third kappa shape index (κ3) is 4.12. The Morgan fingerprint density at radius 3 is 2.52 bits per heavy atom.